The zero-order valence-corrected chi connectivity index (χ0v) is 16.8. The van der Waals surface area contributed by atoms with Crippen LogP contribution in [0.25, 0.3) is 0 Å². The van der Waals surface area contributed by atoms with E-state index in [-0.39, 0.29) is 42.6 Å². The number of hydrogen-bond acceptors (Lipinski definition) is 5. The Morgan fingerprint density at radius 2 is 1.78 bits per heavy atom. The summed E-state index contributed by atoms with van der Waals surface area (Å²) >= 11 is 0. The first-order chi connectivity index (χ1) is 12.8. The summed E-state index contributed by atoms with van der Waals surface area (Å²) in [5.74, 6) is -0.129. The molecule has 2 rings (SSSR count). The number of hydrogen-bond donors (Lipinski definition) is 2. The molecule has 3 atom stereocenters. The van der Waals surface area contributed by atoms with Crippen molar-refractivity contribution in [2.75, 3.05) is 37.4 Å². The summed E-state index contributed by atoms with van der Waals surface area (Å²) in [6.45, 7) is 9.61. The van der Waals surface area contributed by atoms with Gasteiger partial charge in [-0.05, 0) is 38.0 Å². The van der Waals surface area contributed by atoms with Crippen molar-refractivity contribution < 1.29 is 19.1 Å². The van der Waals surface area contributed by atoms with Gasteiger partial charge in [-0.15, -0.1) is 0 Å². The average Bonchev–Trinajstić information content (AvgIpc) is 2.54. The molecule has 1 heterocycles. The van der Waals surface area contributed by atoms with Gasteiger partial charge in [0.1, 0.15) is 6.61 Å². The van der Waals surface area contributed by atoms with Crippen LogP contribution in [0, 0.1) is 5.92 Å². The molecule has 27 heavy (non-hydrogen) atoms. The smallest absolute Gasteiger partial charge is 0.250 e. The highest BCUT2D eigenvalue weighted by Gasteiger charge is 2.34. The second kappa shape index (κ2) is 9.82. The first-order valence-corrected chi connectivity index (χ1v) is 9.39. The number of nitrogens with zero attached hydrogens (tertiary/aromatic N) is 1. The Hall–Kier alpha value is -1.96. The Labute approximate surface area is 161 Å². The summed E-state index contributed by atoms with van der Waals surface area (Å²) in [6, 6.07) is 6.88. The van der Waals surface area contributed by atoms with E-state index in [1.807, 2.05) is 19.9 Å². The minimum atomic E-state index is -0.245. The van der Waals surface area contributed by atoms with Crippen LogP contribution in [0.3, 0.4) is 0 Å². The highest BCUT2D eigenvalue weighted by atomic mass is 16.5. The Balaban J connectivity index is 2.08. The molecule has 0 spiro atoms. The molecule has 1 aromatic rings. The number of methoxy groups -OCH3 is 1. The Morgan fingerprint density at radius 3 is 2.33 bits per heavy atom. The van der Waals surface area contributed by atoms with Crippen molar-refractivity contribution in [2.24, 2.45) is 5.92 Å². The molecule has 0 aliphatic carbocycles. The van der Waals surface area contributed by atoms with E-state index < -0.39 is 0 Å². The maximum absolute atomic E-state index is 13.0. The number of carbonyl (C=O) groups is 2. The summed E-state index contributed by atoms with van der Waals surface area (Å²) in [6.07, 6.45) is 0.198. The van der Waals surface area contributed by atoms with Gasteiger partial charge in [-0.1, -0.05) is 19.9 Å². The zero-order chi connectivity index (χ0) is 20.0. The van der Waals surface area contributed by atoms with Gasteiger partial charge in [0.25, 0.3) is 0 Å². The fourth-order valence-electron chi connectivity index (χ4n) is 3.55. The maximum atomic E-state index is 13.0. The van der Waals surface area contributed by atoms with Crippen LogP contribution in [-0.2, 0) is 19.1 Å². The molecule has 7 heteroatoms. The maximum Gasteiger partial charge on any atom is 0.250 e. The molecular formula is C20H31N3O4. The standard InChI is InChI=1S/C20H31N3O4/c1-13(2)19(23-10-14(3)27-15(4)11-23)20(25)22-17-8-6-7-16(9-17)21-18(24)12-26-5/h6-9,13-15,19H,10-12H2,1-5H3,(H,21,24)(H,22,25)/t14-,15-,19-/m0/s1. The molecule has 0 bridgehead atoms. The highest BCUT2D eigenvalue weighted by molar-refractivity contribution is 5.96. The molecule has 1 fully saturated rings. The predicted molar refractivity (Wildman–Crippen MR) is 106 cm³/mol. The van der Waals surface area contributed by atoms with E-state index in [9.17, 15) is 9.59 Å². The van der Waals surface area contributed by atoms with Crippen molar-refractivity contribution in [3.05, 3.63) is 24.3 Å². The van der Waals surface area contributed by atoms with Gasteiger partial charge in [-0.25, -0.2) is 0 Å². The van der Waals surface area contributed by atoms with Crippen LogP contribution in [0.4, 0.5) is 11.4 Å². The van der Waals surface area contributed by atoms with Gasteiger partial charge < -0.3 is 20.1 Å². The van der Waals surface area contributed by atoms with Crippen LogP contribution in [0.5, 0.6) is 0 Å². The van der Waals surface area contributed by atoms with E-state index in [0.717, 1.165) is 13.1 Å². The number of benzene rings is 1. The van der Waals surface area contributed by atoms with Crippen LogP contribution in [0.15, 0.2) is 24.3 Å². The van der Waals surface area contributed by atoms with Crippen LogP contribution < -0.4 is 10.6 Å². The molecular weight excluding hydrogens is 346 g/mol. The van der Waals surface area contributed by atoms with Gasteiger partial charge in [0.15, 0.2) is 0 Å². The first-order valence-electron chi connectivity index (χ1n) is 9.39. The van der Waals surface area contributed by atoms with E-state index in [0.29, 0.717) is 11.4 Å². The SMILES string of the molecule is COCC(=O)Nc1cccc(NC(=O)[C@H](C(C)C)N2C[C@H](C)O[C@@H](C)C2)c1. The predicted octanol–water partition coefficient (Wildman–Crippen LogP) is 2.34. The normalized spacial score (nSPS) is 21.7. The molecule has 1 aliphatic heterocycles. The molecule has 1 aliphatic rings. The number of amides is 2. The summed E-state index contributed by atoms with van der Waals surface area (Å²) in [7, 11) is 1.47. The number of anilines is 2. The van der Waals surface area contributed by atoms with E-state index in [1.165, 1.54) is 7.11 Å². The summed E-state index contributed by atoms with van der Waals surface area (Å²) in [4.78, 5) is 26.9. The lowest BCUT2D eigenvalue weighted by Crippen LogP contribution is -2.55. The number of rotatable bonds is 7. The molecule has 1 aromatic carbocycles. The quantitative estimate of drug-likeness (QED) is 0.762. The van der Waals surface area contributed by atoms with Gasteiger partial charge in [0.05, 0.1) is 18.2 Å². The number of carbonyl (C=O) groups excluding carboxylic acids is 2. The van der Waals surface area contributed by atoms with Gasteiger partial charge in [-0.3, -0.25) is 14.5 Å². The van der Waals surface area contributed by atoms with Crippen molar-refractivity contribution in [2.45, 2.75) is 45.9 Å². The first kappa shape index (κ1) is 21.3. The Kier molecular flexibility index (Phi) is 7.77. The van der Waals surface area contributed by atoms with Crippen molar-refractivity contribution >= 4 is 23.2 Å². The van der Waals surface area contributed by atoms with Gasteiger partial charge in [0.2, 0.25) is 11.8 Å². The zero-order valence-electron chi connectivity index (χ0n) is 16.8. The van der Waals surface area contributed by atoms with E-state index in [4.69, 9.17) is 9.47 Å². The topological polar surface area (TPSA) is 79.9 Å². The minimum absolute atomic E-state index is 0.0145. The summed E-state index contributed by atoms with van der Waals surface area (Å²) in [5, 5.41) is 5.73. The van der Waals surface area contributed by atoms with Crippen LogP contribution >= 0.6 is 0 Å². The Bertz CT molecular complexity index is 640. The second-order valence-electron chi connectivity index (χ2n) is 7.45. The molecule has 2 N–H and O–H groups in total. The molecule has 1 saturated heterocycles. The number of morpholine rings is 1. The highest BCUT2D eigenvalue weighted by Crippen LogP contribution is 2.21. The molecule has 7 nitrogen and oxygen atoms in total. The Morgan fingerprint density at radius 1 is 1.19 bits per heavy atom. The second-order valence-corrected chi connectivity index (χ2v) is 7.45. The minimum Gasteiger partial charge on any atom is -0.375 e. The fourth-order valence-corrected chi connectivity index (χ4v) is 3.55. The van der Waals surface area contributed by atoms with Crippen LogP contribution in [0.1, 0.15) is 27.7 Å². The lowest BCUT2D eigenvalue weighted by molar-refractivity contribution is -0.130. The third-order valence-corrected chi connectivity index (χ3v) is 4.43. The third-order valence-electron chi connectivity index (χ3n) is 4.43. The molecule has 0 saturated carbocycles. The number of nitrogens with one attached hydrogen (secondary N) is 2. The van der Waals surface area contributed by atoms with Crippen molar-refractivity contribution in [1.82, 2.24) is 4.90 Å². The van der Waals surface area contributed by atoms with E-state index in [1.54, 1.807) is 18.2 Å². The third kappa shape index (κ3) is 6.30. The van der Waals surface area contributed by atoms with Gasteiger partial charge >= 0.3 is 0 Å². The molecule has 0 radical (unpaired) electrons. The molecule has 0 aromatic heterocycles. The molecule has 150 valence electrons. The van der Waals surface area contributed by atoms with Gasteiger partial charge in [0, 0.05) is 31.6 Å². The van der Waals surface area contributed by atoms with Gasteiger partial charge in [-0.2, -0.15) is 0 Å². The molecule has 0 unspecified atom stereocenters. The van der Waals surface area contributed by atoms with E-state index in [2.05, 4.69) is 29.4 Å². The lowest BCUT2D eigenvalue weighted by atomic mass is 9.99. The largest absolute Gasteiger partial charge is 0.375 e. The number of ether oxygens (including phenoxy) is 2. The van der Waals surface area contributed by atoms with Crippen LogP contribution in [0.2, 0.25) is 0 Å². The summed E-state index contributed by atoms with van der Waals surface area (Å²) < 4.78 is 10.6. The van der Waals surface area contributed by atoms with Crippen molar-refractivity contribution in [3.63, 3.8) is 0 Å². The fraction of sp³-hybridized carbons (Fsp3) is 0.600. The lowest BCUT2D eigenvalue weighted by Gasteiger charge is -2.41. The van der Waals surface area contributed by atoms with Crippen molar-refractivity contribution in [1.29, 1.82) is 0 Å². The van der Waals surface area contributed by atoms with Crippen molar-refractivity contribution in [3.8, 4) is 0 Å². The monoisotopic (exact) mass is 377 g/mol. The van der Waals surface area contributed by atoms with E-state index >= 15 is 0 Å². The average molecular weight is 377 g/mol. The summed E-state index contributed by atoms with van der Waals surface area (Å²) in [5.41, 5.74) is 1.26. The van der Waals surface area contributed by atoms with Crippen LogP contribution in [-0.4, -0.2) is 61.8 Å². The molecule has 2 amide bonds.